The van der Waals surface area contributed by atoms with Gasteiger partial charge < -0.3 is 20.3 Å². The molecule has 0 saturated heterocycles. The summed E-state index contributed by atoms with van der Waals surface area (Å²) < 4.78 is 4.81. The van der Waals surface area contributed by atoms with Gasteiger partial charge in [0.05, 0.1) is 0 Å². The number of aryl methyl sites for hydroxylation is 1. The van der Waals surface area contributed by atoms with Gasteiger partial charge in [0, 0.05) is 28.7 Å². The number of aromatic nitrogens is 2. The van der Waals surface area contributed by atoms with Crippen molar-refractivity contribution in [1.82, 2.24) is 10.1 Å². The molecule has 5 heteroatoms. The summed E-state index contributed by atoms with van der Waals surface area (Å²) in [5.74, 6) is 0.417. The summed E-state index contributed by atoms with van der Waals surface area (Å²) in [4.78, 5) is 3.08. The van der Waals surface area contributed by atoms with E-state index in [0.29, 0.717) is 11.3 Å². The fraction of sp³-hybridized carbons (Fsp3) is 0.0833. The van der Waals surface area contributed by atoms with E-state index in [0.717, 1.165) is 16.5 Å². The topological polar surface area (TPSA) is 88.1 Å². The minimum atomic E-state index is 0.189. The molecule has 0 fully saturated rings. The first-order valence-electron chi connectivity index (χ1n) is 5.19. The van der Waals surface area contributed by atoms with Gasteiger partial charge in [-0.25, -0.2) is 0 Å². The first kappa shape index (κ1) is 9.77. The molecule has 4 N–H and O–H groups in total. The van der Waals surface area contributed by atoms with Crippen molar-refractivity contribution in [3.63, 3.8) is 0 Å². The molecule has 0 atom stereocenters. The molecule has 5 nitrogen and oxygen atoms in total. The molecule has 0 unspecified atom stereocenters. The molecule has 0 saturated carbocycles. The number of H-pyrrole nitrogens is 1. The first-order valence-corrected chi connectivity index (χ1v) is 5.19. The van der Waals surface area contributed by atoms with E-state index < -0.39 is 0 Å². The Labute approximate surface area is 96.8 Å². The number of hydrogen-bond donors (Lipinski definition) is 3. The number of nitrogens with one attached hydrogen (secondary N) is 1. The van der Waals surface area contributed by atoms with Crippen LogP contribution in [0.5, 0.6) is 5.75 Å². The van der Waals surface area contributed by atoms with Gasteiger partial charge in [-0.15, -0.1) is 0 Å². The SMILES string of the molecule is Cc1c[nH]c2ccc(-c3cc(N)on3)c(O)c12. The third kappa shape index (κ3) is 1.36. The van der Waals surface area contributed by atoms with Gasteiger partial charge in [0.1, 0.15) is 11.4 Å². The molecule has 1 aromatic carbocycles. The summed E-state index contributed by atoms with van der Waals surface area (Å²) in [5, 5.41) is 14.8. The molecular formula is C12H11N3O2. The minimum absolute atomic E-state index is 0.189. The number of nitrogens with two attached hydrogens (primary N) is 1. The fourth-order valence-corrected chi connectivity index (χ4v) is 1.99. The van der Waals surface area contributed by atoms with Crippen LogP contribution < -0.4 is 5.73 Å². The second-order valence-electron chi connectivity index (χ2n) is 3.97. The number of benzene rings is 1. The van der Waals surface area contributed by atoms with Crippen LogP contribution in [0.3, 0.4) is 0 Å². The average molecular weight is 229 g/mol. The Balaban J connectivity index is 2.30. The van der Waals surface area contributed by atoms with Crippen molar-refractivity contribution in [3.05, 3.63) is 30.0 Å². The zero-order valence-corrected chi connectivity index (χ0v) is 9.19. The highest BCUT2D eigenvalue weighted by atomic mass is 16.5. The van der Waals surface area contributed by atoms with E-state index in [1.165, 1.54) is 0 Å². The van der Waals surface area contributed by atoms with Gasteiger partial charge in [-0.1, -0.05) is 5.16 Å². The Morgan fingerprint density at radius 2 is 2.24 bits per heavy atom. The van der Waals surface area contributed by atoms with Crippen LogP contribution in [-0.4, -0.2) is 15.2 Å². The maximum Gasteiger partial charge on any atom is 0.222 e. The van der Waals surface area contributed by atoms with E-state index in [1.807, 2.05) is 19.2 Å². The van der Waals surface area contributed by atoms with Crippen molar-refractivity contribution in [3.8, 4) is 17.0 Å². The van der Waals surface area contributed by atoms with E-state index >= 15 is 0 Å². The van der Waals surface area contributed by atoms with Gasteiger partial charge in [-0.2, -0.15) is 0 Å². The molecule has 0 aliphatic carbocycles. The fourth-order valence-electron chi connectivity index (χ4n) is 1.99. The van der Waals surface area contributed by atoms with Crippen molar-refractivity contribution in [2.45, 2.75) is 6.92 Å². The summed E-state index contributed by atoms with van der Waals surface area (Å²) in [7, 11) is 0. The molecule has 0 spiro atoms. The molecule has 0 bridgehead atoms. The third-order valence-electron chi connectivity index (χ3n) is 2.82. The molecule has 3 aromatic rings. The largest absolute Gasteiger partial charge is 0.507 e. The minimum Gasteiger partial charge on any atom is -0.507 e. The smallest absolute Gasteiger partial charge is 0.222 e. The first-order chi connectivity index (χ1) is 8.16. The predicted molar refractivity (Wildman–Crippen MR) is 64.6 cm³/mol. The van der Waals surface area contributed by atoms with Crippen LogP contribution in [0.2, 0.25) is 0 Å². The summed E-state index contributed by atoms with van der Waals surface area (Å²) in [6.07, 6.45) is 1.85. The van der Waals surface area contributed by atoms with Crippen molar-refractivity contribution >= 4 is 16.8 Å². The highest BCUT2D eigenvalue weighted by Gasteiger charge is 2.14. The van der Waals surface area contributed by atoms with E-state index in [4.69, 9.17) is 10.3 Å². The van der Waals surface area contributed by atoms with Gasteiger partial charge in [-0.3, -0.25) is 0 Å². The summed E-state index contributed by atoms with van der Waals surface area (Å²) >= 11 is 0. The number of phenolic OH excluding ortho intramolecular Hbond substituents is 1. The summed E-state index contributed by atoms with van der Waals surface area (Å²) in [5.41, 5.74) is 8.48. The number of anilines is 1. The van der Waals surface area contributed by atoms with Gasteiger partial charge in [-0.05, 0) is 24.6 Å². The van der Waals surface area contributed by atoms with E-state index in [-0.39, 0.29) is 11.6 Å². The van der Waals surface area contributed by atoms with Crippen LogP contribution in [0.15, 0.2) is 28.9 Å². The molecule has 2 aromatic heterocycles. The third-order valence-corrected chi connectivity index (χ3v) is 2.82. The van der Waals surface area contributed by atoms with Crippen LogP contribution >= 0.6 is 0 Å². The Bertz CT molecular complexity index is 697. The van der Waals surface area contributed by atoms with Crippen LogP contribution in [0.4, 0.5) is 5.88 Å². The zero-order chi connectivity index (χ0) is 12.0. The number of aromatic amines is 1. The van der Waals surface area contributed by atoms with Gasteiger partial charge in [0.2, 0.25) is 5.88 Å². The van der Waals surface area contributed by atoms with E-state index in [1.54, 1.807) is 12.1 Å². The molecule has 2 heterocycles. The Morgan fingerprint density at radius 3 is 2.94 bits per heavy atom. The normalized spacial score (nSPS) is 11.1. The quantitative estimate of drug-likeness (QED) is 0.598. The molecule has 0 aliphatic heterocycles. The van der Waals surface area contributed by atoms with Crippen molar-refractivity contribution in [2.75, 3.05) is 5.73 Å². The number of fused-ring (bicyclic) bond motifs is 1. The van der Waals surface area contributed by atoms with Gasteiger partial charge in [0.25, 0.3) is 0 Å². The average Bonchev–Trinajstić information content (AvgIpc) is 2.87. The lowest BCUT2D eigenvalue weighted by molar-refractivity contribution is 0.437. The zero-order valence-electron chi connectivity index (χ0n) is 9.19. The Hall–Kier alpha value is -2.43. The second-order valence-corrected chi connectivity index (χ2v) is 3.97. The van der Waals surface area contributed by atoms with E-state index in [2.05, 4.69) is 10.1 Å². The molecule has 0 aliphatic rings. The molecular weight excluding hydrogens is 218 g/mol. The van der Waals surface area contributed by atoms with Crippen molar-refractivity contribution in [2.24, 2.45) is 0 Å². The van der Waals surface area contributed by atoms with E-state index in [9.17, 15) is 5.11 Å². The molecule has 0 amide bonds. The van der Waals surface area contributed by atoms with Crippen molar-refractivity contribution in [1.29, 1.82) is 0 Å². The number of hydrogen-bond acceptors (Lipinski definition) is 4. The maximum absolute atomic E-state index is 10.2. The highest BCUT2D eigenvalue weighted by molar-refractivity contribution is 5.94. The number of rotatable bonds is 1. The number of phenols is 1. The van der Waals surface area contributed by atoms with Crippen molar-refractivity contribution < 1.29 is 9.63 Å². The number of nitrogens with zero attached hydrogens (tertiary/aromatic N) is 1. The van der Waals surface area contributed by atoms with Gasteiger partial charge >= 0.3 is 0 Å². The highest BCUT2D eigenvalue weighted by Crippen LogP contribution is 2.37. The molecule has 86 valence electrons. The Morgan fingerprint density at radius 1 is 1.41 bits per heavy atom. The Kier molecular flexibility index (Phi) is 1.89. The predicted octanol–water partition coefficient (Wildman–Crippen LogP) is 2.42. The lowest BCUT2D eigenvalue weighted by atomic mass is 10.1. The maximum atomic E-state index is 10.2. The molecule has 17 heavy (non-hydrogen) atoms. The number of aromatic hydroxyl groups is 1. The molecule has 0 radical (unpaired) electrons. The van der Waals surface area contributed by atoms with Crippen LogP contribution in [0.25, 0.3) is 22.2 Å². The lowest BCUT2D eigenvalue weighted by Crippen LogP contribution is -1.81. The monoisotopic (exact) mass is 229 g/mol. The summed E-state index contributed by atoms with van der Waals surface area (Å²) in [6.45, 7) is 1.93. The van der Waals surface area contributed by atoms with Crippen LogP contribution in [-0.2, 0) is 0 Å². The van der Waals surface area contributed by atoms with Crippen LogP contribution in [0.1, 0.15) is 5.56 Å². The summed E-state index contributed by atoms with van der Waals surface area (Å²) in [6, 6.07) is 5.26. The molecule has 3 rings (SSSR count). The van der Waals surface area contributed by atoms with Crippen LogP contribution in [0, 0.1) is 6.92 Å². The second kappa shape index (κ2) is 3.28. The van der Waals surface area contributed by atoms with Gasteiger partial charge in [0.15, 0.2) is 0 Å². The number of nitrogen functional groups attached to an aromatic ring is 1. The lowest BCUT2D eigenvalue weighted by Gasteiger charge is -2.02. The standard InChI is InChI=1S/C12H11N3O2/c1-6-5-14-8-3-2-7(12(16)11(6)8)9-4-10(13)17-15-9/h2-5,14,16H,13H2,1H3.